The second-order valence-electron chi connectivity index (χ2n) is 5.70. The number of piperidine rings is 1. The Labute approximate surface area is 148 Å². The fraction of sp³-hybridized carbons (Fsp3) is 0.529. The quantitative estimate of drug-likeness (QED) is 0.711. The summed E-state index contributed by atoms with van der Waals surface area (Å²) >= 11 is 0. The van der Waals surface area contributed by atoms with Crippen molar-refractivity contribution >= 4 is 22.0 Å². The second kappa shape index (κ2) is 8.44. The Kier molecular flexibility index (Phi) is 6.55. The number of ether oxygens (including phenoxy) is 2. The van der Waals surface area contributed by atoms with E-state index in [0.717, 1.165) is 0 Å². The van der Waals surface area contributed by atoms with Crippen LogP contribution >= 0.6 is 0 Å². The van der Waals surface area contributed by atoms with E-state index in [1.807, 2.05) is 0 Å². The molecule has 7 nitrogen and oxygen atoms in total. The fourth-order valence-corrected chi connectivity index (χ4v) is 4.26. The molecule has 0 aromatic heterocycles. The molecule has 0 N–H and O–H groups in total. The van der Waals surface area contributed by atoms with Crippen molar-refractivity contribution in [3.8, 4) is 0 Å². The van der Waals surface area contributed by atoms with Gasteiger partial charge in [-0.1, -0.05) is 0 Å². The SMILES string of the molecule is CCOC(=O)c1ccc(S(=O)(=O)N2CCC[C@H](C(=O)OCC)C2)cc1. The van der Waals surface area contributed by atoms with Crippen LogP contribution in [0.2, 0.25) is 0 Å². The van der Waals surface area contributed by atoms with Crippen LogP contribution in [0.25, 0.3) is 0 Å². The largest absolute Gasteiger partial charge is 0.466 e. The molecule has 1 saturated heterocycles. The lowest BCUT2D eigenvalue weighted by atomic mass is 10.0. The maximum Gasteiger partial charge on any atom is 0.338 e. The lowest BCUT2D eigenvalue weighted by molar-refractivity contribution is -0.149. The van der Waals surface area contributed by atoms with Crippen LogP contribution in [0, 0.1) is 5.92 Å². The molecule has 1 fully saturated rings. The van der Waals surface area contributed by atoms with E-state index in [-0.39, 0.29) is 30.6 Å². The first-order chi connectivity index (χ1) is 11.9. The minimum Gasteiger partial charge on any atom is -0.466 e. The van der Waals surface area contributed by atoms with Crippen LogP contribution in [0.5, 0.6) is 0 Å². The van der Waals surface area contributed by atoms with Crippen LogP contribution in [-0.4, -0.2) is 51.0 Å². The third-order valence-corrected chi connectivity index (χ3v) is 5.89. The molecule has 25 heavy (non-hydrogen) atoms. The van der Waals surface area contributed by atoms with E-state index in [4.69, 9.17) is 9.47 Å². The molecule has 1 aliphatic heterocycles. The Bertz CT molecular complexity index is 713. The maximum absolute atomic E-state index is 12.8. The summed E-state index contributed by atoms with van der Waals surface area (Å²) in [6, 6.07) is 5.63. The molecule has 0 amide bonds. The molecule has 2 rings (SSSR count). The van der Waals surface area contributed by atoms with Crippen molar-refractivity contribution in [3.05, 3.63) is 29.8 Å². The highest BCUT2D eigenvalue weighted by atomic mass is 32.2. The van der Waals surface area contributed by atoms with Gasteiger partial charge < -0.3 is 9.47 Å². The van der Waals surface area contributed by atoms with Gasteiger partial charge in [0.25, 0.3) is 0 Å². The van der Waals surface area contributed by atoms with E-state index >= 15 is 0 Å². The first kappa shape index (κ1) is 19.4. The summed E-state index contributed by atoms with van der Waals surface area (Å²) in [5.41, 5.74) is 0.295. The van der Waals surface area contributed by atoms with Crippen LogP contribution in [0.4, 0.5) is 0 Å². The summed E-state index contributed by atoms with van der Waals surface area (Å²) in [7, 11) is -3.72. The lowest BCUT2D eigenvalue weighted by Gasteiger charge is -2.30. The molecule has 0 unspecified atom stereocenters. The van der Waals surface area contributed by atoms with Crippen molar-refractivity contribution < 1.29 is 27.5 Å². The van der Waals surface area contributed by atoms with Crippen molar-refractivity contribution in [1.29, 1.82) is 0 Å². The maximum atomic E-state index is 12.8. The number of sulfonamides is 1. The van der Waals surface area contributed by atoms with Crippen LogP contribution in [0.3, 0.4) is 0 Å². The topological polar surface area (TPSA) is 90.0 Å². The molecule has 1 aromatic rings. The van der Waals surface area contributed by atoms with Gasteiger partial charge in [-0.15, -0.1) is 0 Å². The summed E-state index contributed by atoms with van der Waals surface area (Å²) in [5.74, 6) is -1.30. The van der Waals surface area contributed by atoms with Crippen molar-refractivity contribution in [3.63, 3.8) is 0 Å². The highest BCUT2D eigenvalue weighted by Crippen LogP contribution is 2.25. The molecule has 138 valence electrons. The number of rotatable bonds is 6. The van der Waals surface area contributed by atoms with Crippen LogP contribution in [0.15, 0.2) is 29.2 Å². The lowest BCUT2D eigenvalue weighted by Crippen LogP contribution is -2.42. The van der Waals surface area contributed by atoms with Gasteiger partial charge in [-0.3, -0.25) is 4.79 Å². The average molecular weight is 369 g/mol. The number of carbonyl (C=O) groups is 2. The van der Waals surface area contributed by atoms with Crippen molar-refractivity contribution in [1.82, 2.24) is 4.31 Å². The Morgan fingerprint density at radius 3 is 2.36 bits per heavy atom. The van der Waals surface area contributed by atoms with E-state index in [1.165, 1.54) is 28.6 Å². The van der Waals surface area contributed by atoms with Crippen LogP contribution < -0.4 is 0 Å². The van der Waals surface area contributed by atoms with E-state index < -0.39 is 21.9 Å². The number of esters is 2. The van der Waals surface area contributed by atoms with E-state index in [0.29, 0.717) is 24.9 Å². The van der Waals surface area contributed by atoms with Crippen molar-refractivity contribution in [2.75, 3.05) is 26.3 Å². The molecule has 1 aliphatic rings. The van der Waals surface area contributed by atoms with Crippen molar-refractivity contribution in [2.24, 2.45) is 5.92 Å². The molecular weight excluding hydrogens is 346 g/mol. The number of hydrogen-bond acceptors (Lipinski definition) is 6. The zero-order valence-electron chi connectivity index (χ0n) is 14.4. The standard InChI is InChI=1S/C17H23NO6S/c1-3-23-16(19)13-7-9-15(10-8-13)25(21,22)18-11-5-6-14(12-18)17(20)24-4-2/h7-10,14H,3-6,11-12H2,1-2H3/t14-/m0/s1. The van der Waals surface area contributed by atoms with E-state index in [2.05, 4.69) is 0 Å². The summed E-state index contributed by atoms with van der Waals surface area (Å²) in [6.07, 6.45) is 1.22. The van der Waals surface area contributed by atoms with Gasteiger partial charge in [0, 0.05) is 13.1 Å². The first-order valence-electron chi connectivity index (χ1n) is 8.34. The highest BCUT2D eigenvalue weighted by Gasteiger charge is 2.34. The van der Waals surface area contributed by atoms with Crippen molar-refractivity contribution in [2.45, 2.75) is 31.6 Å². The van der Waals surface area contributed by atoms with Gasteiger partial charge in [0.1, 0.15) is 0 Å². The second-order valence-corrected chi connectivity index (χ2v) is 7.64. The molecule has 1 heterocycles. The molecule has 0 saturated carbocycles. The highest BCUT2D eigenvalue weighted by molar-refractivity contribution is 7.89. The van der Waals surface area contributed by atoms with Gasteiger partial charge in [0.15, 0.2) is 0 Å². The number of benzene rings is 1. The Hall–Kier alpha value is -1.93. The summed E-state index contributed by atoms with van der Waals surface area (Å²) in [6.45, 7) is 4.42. The molecule has 0 spiro atoms. The predicted octanol–water partition coefficient (Wildman–Crippen LogP) is 1.83. The summed E-state index contributed by atoms with van der Waals surface area (Å²) < 4.78 is 36.7. The van der Waals surface area contributed by atoms with Gasteiger partial charge in [-0.2, -0.15) is 4.31 Å². The molecular formula is C17H23NO6S. The minimum atomic E-state index is -3.72. The Balaban J connectivity index is 2.14. The predicted molar refractivity (Wildman–Crippen MR) is 90.5 cm³/mol. The molecule has 0 aliphatic carbocycles. The molecule has 0 radical (unpaired) electrons. The average Bonchev–Trinajstić information content (AvgIpc) is 2.62. The Morgan fingerprint density at radius 1 is 1.12 bits per heavy atom. The number of hydrogen-bond donors (Lipinski definition) is 0. The molecule has 0 bridgehead atoms. The number of nitrogens with zero attached hydrogens (tertiary/aromatic N) is 1. The molecule has 1 aromatic carbocycles. The fourth-order valence-electron chi connectivity index (χ4n) is 2.74. The van der Waals surface area contributed by atoms with E-state index in [9.17, 15) is 18.0 Å². The minimum absolute atomic E-state index is 0.0880. The van der Waals surface area contributed by atoms with Gasteiger partial charge >= 0.3 is 11.9 Å². The van der Waals surface area contributed by atoms with Gasteiger partial charge in [0.2, 0.25) is 10.0 Å². The smallest absolute Gasteiger partial charge is 0.338 e. The Morgan fingerprint density at radius 2 is 1.76 bits per heavy atom. The molecule has 8 heteroatoms. The first-order valence-corrected chi connectivity index (χ1v) is 9.78. The molecule has 1 atom stereocenters. The summed E-state index contributed by atoms with van der Waals surface area (Å²) in [4.78, 5) is 23.6. The third-order valence-electron chi connectivity index (χ3n) is 4.01. The summed E-state index contributed by atoms with van der Waals surface area (Å²) in [5, 5.41) is 0. The van der Waals surface area contributed by atoms with Crippen LogP contribution in [-0.2, 0) is 24.3 Å². The monoisotopic (exact) mass is 369 g/mol. The normalized spacial score (nSPS) is 18.6. The third kappa shape index (κ3) is 4.58. The van der Waals surface area contributed by atoms with Crippen LogP contribution in [0.1, 0.15) is 37.0 Å². The van der Waals surface area contributed by atoms with E-state index in [1.54, 1.807) is 13.8 Å². The van der Waals surface area contributed by atoms with Gasteiger partial charge in [0.05, 0.1) is 29.6 Å². The van der Waals surface area contributed by atoms with Gasteiger partial charge in [-0.05, 0) is 51.0 Å². The number of carbonyl (C=O) groups excluding carboxylic acids is 2. The zero-order chi connectivity index (χ0) is 18.4. The zero-order valence-corrected chi connectivity index (χ0v) is 15.3. The van der Waals surface area contributed by atoms with Gasteiger partial charge in [-0.25, -0.2) is 13.2 Å².